The van der Waals surface area contributed by atoms with Gasteiger partial charge in [-0.1, -0.05) is 72.8 Å². The molecule has 1 unspecified atom stereocenters. The monoisotopic (exact) mass is 399 g/mol. The molecule has 0 radical (unpaired) electrons. The first-order valence-electron chi connectivity index (χ1n) is 10.2. The van der Waals surface area contributed by atoms with Crippen LogP contribution in [0.5, 0.6) is 0 Å². The van der Waals surface area contributed by atoms with E-state index in [1.54, 1.807) is 0 Å². The maximum atomic E-state index is 13.3. The lowest BCUT2D eigenvalue weighted by Gasteiger charge is -2.61. The molecule has 0 bridgehead atoms. The molecule has 3 aromatic carbocycles. The molecule has 0 aliphatic carbocycles. The van der Waals surface area contributed by atoms with Gasteiger partial charge in [-0.05, 0) is 48.6 Å². The van der Waals surface area contributed by atoms with Crippen LogP contribution in [-0.4, -0.2) is 16.5 Å². The highest BCUT2D eigenvalue weighted by molar-refractivity contribution is 8.02. The summed E-state index contributed by atoms with van der Waals surface area (Å²) in [4.78, 5) is 15.2. The van der Waals surface area contributed by atoms with Crippen LogP contribution in [0.2, 0.25) is 0 Å². The van der Waals surface area contributed by atoms with Crippen LogP contribution >= 0.6 is 11.8 Å². The number of hydrogen-bond donors (Lipinski definition) is 0. The van der Waals surface area contributed by atoms with Crippen molar-refractivity contribution < 1.29 is 4.79 Å². The molecule has 2 nitrogen and oxygen atoms in total. The summed E-state index contributed by atoms with van der Waals surface area (Å²) in [5.41, 5.74) is 5.81. The summed E-state index contributed by atoms with van der Waals surface area (Å²) < 4.78 is 0. The summed E-state index contributed by atoms with van der Waals surface area (Å²) in [7, 11) is 0. The van der Waals surface area contributed by atoms with Crippen molar-refractivity contribution >= 4 is 23.4 Å². The lowest BCUT2D eigenvalue weighted by atomic mass is 9.67. The van der Waals surface area contributed by atoms with E-state index in [-0.39, 0.29) is 16.2 Å². The van der Waals surface area contributed by atoms with Gasteiger partial charge >= 0.3 is 0 Å². The SMILES string of the molecule is Cc1ccc(C)c(N2C(=O)CCC23SCC3(c2ccccc2)c2ccccc2)c1. The van der Waals surface area contributed by atoms with Gasteiger partial charge in [-0.3, -0.25) is 9.69 Å². The molecule has 146 valence electrons. The van der Waals surface area contributed by atoms with Crippen LogP contribution in [0.15, 0.2) is 78.9 Å². The minimum atomic E-state index is -0.286. The van der Waals surface area contributed by atoms with E-state index in [2.05, 4.69) is 97.6 Å². The molecule has 2 saturated heterocycles. The molecule has 29 heavy (non-hydrogen) atoms. The lowest BCUT2D eigenvalue weighted by Crippen LogP contribution is -2.67. The quantitative estimate of drug-likeness (QED) is 0.550. The second-order valence-electron chi connectivity index (χ2n) is 8.23. The summed E-state index contributed by atoms with van der Waals surface area (Å²) in [6.45, 7) is 4.22. The predicted octanol–water partition coefficient (Wildman–Crippen LogP) is 5.86. The van der Waals surface area contributed by atoms with E-state index in [0.29, 0.717) is 6.42 Å². The second kappa shape index (κ2) is 6.77. The number of rotatable bonds is 3. The number of nitrogens with zero attached hydrogens (tertiary/aromatic N) is 1. The first-order chi connectivity index (χ1) is 14.1. The lowest BCUT2D eigenvalue weighted by molar-refractivity contribution is -0.117. The molecule has 0 aromatic heterocycles. The number of anilines is 1. The highest BCUT2D eigenvalue weighted by atomic mass is 32.2. The van der Waals surface area contributed by atoms with Gasteiger partial charge in [0.25, 0.3) is 0 Å². The third kappa shape index (κ3) is 2.53. The van der Waals surface area contributed by atoms with Gasteiger partial charge in [0, 0.05) is 17.9 Å². The van der Waals surface area contributed by atoms with Crippen molar-refractivity contribution in [2.45, 2.75) is 37.0 Å². The van der Waals surface area contributed by atoms with Gasteiger partial charge in [0.15, 0.2) is 0 Å². The third-order valence-electron chi connectivity index (χ3n) is 6.62. The Labute approximate surface area is 176 Å². The van der Waals surface area contributed by atoms with Crippen molar-refractivity contribution in [1.82, 2.24) is 0 Å². The molecule has 3 heteroatoms. The van der Waals surface area contributed by atoms with Crippen molar-refractivity contribution in [1.29, 1.82) is 0 Å². The van der Waals surface area contributed by atoms with Gasteiger partial charge in [-0.25, -0.2) is 0 Å². The molecule has 0 N–H and O–H groups in total. The minimum Gasteiger partial charge on any atom is -0.296 e. The number of carbonyl (C=O) groups excluding carboxylic acids is 1. The Morgan fingerprint density at radius 1 is 0.862 bits per heavy atom. The van der Waals surface area contributed by atoms with Crippen molar-refractivity contribution in [2.24, 2.45) is 0 Å². The Morgan fingerprint density at radius 2 is 1.48 bits per heavy atom. The number of thioether (sulfide) groups is 1. The summed E-state index contributed by atoms with van der Waals surface area (Å²) in [6, 6.07) is 28.0. The molecule has 1 atom stereocenters. The van der Waals surface area contributed by atoms with Crippen LogP contribution < -0.4 is 4.90 Å². The molecule has 2 aliphatic rings. The first-order valence-corrected chi connectivity index (χ1v) is 11.2. The number of hydrogen-bond acceptors (Lipinski definition) is 2. The van der Waals surface area contributed by atoms with E-state index in [9.17, 15) is 4.79 Å². The Hall–Kier alpha value is -2.52. The number of carbonyl (C=O) groups is 1. The topological polar surface area (TPSA) is 20.3 Å². The Kier molecular flexibility index (Phi) is 4.32. The largest absolute Gasteiger partial charge is 0.296 e. The molecule has 5 rings (SSSR count). The van der Waals surface area contributed by atoms with Crippen molar-refractivity contribution in [3.63, 3.8) is 0 Å². The summed E-state index contributed by atoms with van der Waals surface area (Å²) >= 11 is 1.94. The predicted molar refractivity (Wildman–Crippen MR) is 121 cm³/mol. The molecule has 2 aliphatic heterocycles. The molecule has 1 spiro atoms. The van der Waals surface area contributed by atoms with Crippen molar-refractivity contribution in [3.05, 3.63) is 101 Å². The molecular formula is C26H25NOS. The van der Waals surface area contributed by atoms with E-state index in [4.69, 9.17) is 0 Å². The van der Waals surface area contributed by atoms with E-state index in [1.807, 2.05) is 11.8 Å². The van der Waals surface area contributed by atoms with Crippen LogP contribution in [0.1, 0.15) is 35.1 Å². The van der Waals surface area contributed by atoms with Gasteiger partial charge in [-0.15, -0.1) is 11.8 Å². The number of amides is 1. The van der Waals surface area contributed by atoms with Gasteiger partial charge in [-0.2, -0.15) is 0 Å². The second-order valence-corrected chi connectivity index (χ2v) is 9.48. The van der Waals surface area contributed by atoms with E-state index >= 15 is 0 Å². The fraction of sp³-hybridized carbons (Fsp3) is 0.269. The summed E-state index contributed by atoms with van der Waals surface area (Å²) in [5, 5.41) is 0. The smallest absolute Gasteiger partial charge is 0.228 e. The van der Waals surface area contributed by atoms with Gasteiger partial charge in [0.2, 0.25) is 5.91 Å². The maximum absolute atomic E-state index is 13.3. The fourth-order valence-corrected chi connectivity index (χ4v) is 7.06. The first kappa shape index (κ1) is 18.5. The average Bonchev–Trinajstić information content (AvgIpc) is 3.10. The van der Waals surface area contributed by atoms with Gasteiger partial charge in [0.1, 0.15) is 4.87 Å². The van der Waals surface area contributed by atoms with Crippen LogP contribution in [0.4, 0.5) is 5.69 Å². The minimum absolute atomic E-state index is 0.206. The molecule has 3 aromatic rings. The van der Waals surface area contributed by atoms with E-state index < -0.39 is 0 Å². The summed E-state index contributed by atoms with van der Waals surface area (Å²) in [5.74, 6) is 1.22. The molecule has 1 amide bonds. The zero-order chi connectivity index (χ0) is 20.1. The van der Waals surface area contributed by atoms with Gasteiger partial charge in [0.05, 0.1) is 5.41 Å². The standard InChI is InChI=1S/C26H25NOS/c1-19-13-14-20(2)23(17-19)27-24(28)15-16-26(27)25(18-29-26,21-9-5-3-6-10-21)22-11-7-4-8-12-22/h3-14,17H,15-16,18H2,1-2H3. The molecule has 0 saturated carbocycles. The highest BCUT2D eigenvalue weighted by Gasteiger charge is 2.68. The zero-order valence-electron chi connectivity index (χ0n) is 16.9. The number of benzene rings is 3. The van der Waals surface area contributed by atoms with Crippen LogP contribution in [0, 0.1) is 13.8 Å². The normalized spacial score (nSPS) is 22.7. The maximum Gasteiger partial charge on any atom is 0.228 e. The van der Waals surface area contributed by atoms with Gasteiger partial charge < -0.3 is 0 Å². The number of aryl methyl sites for hydroxylation is 2. The zero-order valence-corrected chi connectivity index (χ0v) is 17.7. The Bertz CT molecular complexity index is 1020. The van der Waals surface area contributed by atoms with Crippen LogP contribution in [0.3, 0.4) is 0 Å². The fourth-order valence-electron chi connectivity index (χ4n) is 5.14. The van der Waals surface area contributed by atoms with Crippen LogP contribution in [0.25, 0.3) is 0 Å². The van der Waals surface area contributed by atoms with E-state index in [1.165, 1.54) is 16.7 Å². The van der Waals surface area contributed by atoms with Crippen molar-refractivity contribution in [3.8, 4) is 0 Å². The van der Waals surface area contributed by atoms with Crippen LogP contribution in [-0.2, 0) is 10.2 Å². The molecule has 2 heterocycles. The average molecular weight is 400 g/mol. The van der Waals surface area contributed by atoms with E-state index in [0.717, 1.165) is 23.4 Å². The highest BCUT2D eigenvalue weighted by Crippen LogP contribution is 2.66. The third-order valence-corrected chi connectivity index (χ3v) is 8.41. The molecular weight excluding hydrogens is 374 g/mol. The van der Waals surface area contributed by atoms with Crippen molar-refractivity contribution in [2.75, 3.05) is 10.7 Å². The molecule has 2 fully saturated rings. The summed E-state index contributed by atoms with van der Waals surface area (Å²) in [6.07, 6.45) is 1.47. The Balaban J connectivity index is 1.76. The Morgan fingerprint density at radius 3 is 2.03 bits per heavy atom.